The van der Waals surface area contributed by atoms with E-state index in [9.17, 15) is 14.9 Å². The van der Waals surface area contributed by atoms with Crippen molar-refractivity contribution in [1.29, 1.82) is 5.26 Å². The smallest absolute Gasteiger partial charge is 0.255 e. The third-order valence-electron chi connectivity index (χ3n) is 6.87. The van der Waals surface area contributed by atoms with Crippen LogP contribution >= 0.6 is 11.3 Å². The predicted octanol–water partition coefficient (Wildman–Crippen LogP) is 6.55. The normalized spacial score (nSPS) is 15.6. The molecule has 37 heavy (non-hydrogen) atoms. The molecule has 0 bridgehead atoms. The van der Waals surface area contributed by atoms with Gasteiger partial charge < -0.3 is 15.4 Å². The molecule has 1 aromatic heterocycles. The molecule has 0 unspecified atom stereocenters. The van der Waals surface area contributed by atoms with Crippen molar-refractivity contribution < 1.29 is 14.3 Å². The number of hydrogen-bond donors (Lipinski definition) is 2. The van der Waals surface area contributed by atoms with Crippen LogP contribution in [0.1, 0.15) is 47.2 Å². The molecule has 3 aromatic carbocycles. The zero-order valence-corrected chi connectivity index (χ0v) is 21.0. The number of amides is 2. The van der Waals surface area contributed by atoms with Gasteiger partial charge in [0.1, 0.15) is 11.5 Å². The van der Waals surface area contributed by atoms with Crippen molar-refractivity contribution in [3.05, 3.63) is 77.4 Å². The molecule has 2 aliphatic carbocycles. The van der Waals surface area contributed by atoms with E-state index in [1.807, 2.05) is 55.5 Å². The van der Waals surface area contributed by atoms with Gasteiger partial charge in [0, 0.05) is 29.3 Å². The maximum Gasteiger partial charge on any atom is 0.255 e. The van der Waals surface area contributed by atoms with Crippen LogP contribution in [0.5, 0.6) is 11.5 Å². The summed E-state index contributed by atoms with van der Waals surface area (Å²) >= 11 is 1.42. The Hall–Kier alpha value is -4.22. The molecule has 7 nitrogen and oxygen atoms in total. The molecule has 8 heteroatoms. The molecule has 2 aliphatic rings. The first-order chi connectivity index (χ1) is 17.9. The Bertz CT molecular complexity index is 1590. The summed E-state index contributed by atoms with van der Waals surface area (Å²) in [5.41, 5.74) is 3.32. The zero-order valence-electron chi connectivity index (χ0n) is 20.2. The number of anilines is 2. The second-order valence-electron chi connectivity index (χ2n) is 9.72. The Labute approximate surface area is 218 Å². The van der Waals surface area contributed by atoms with Crippen LogP contribution in [0.25, 0.3) is 10.2 Å². The molecule has 0 atom stereocenters. The van der Waals surface area contributed by atoms with Gasteiger partial charge in [0.25, 0.3) is 5.91 Å². The summed E-state index contributed by atoms with van der Waals surface area (Å²) < 4.78 is 7.01. The summed E-state index contributed by atoms with van der Waals surface area (Å²) in [6.45, 7) is 1.92. The summed E-state index contributed by atoms with van der Waals surface area (Å²) in [4.78, 5) is 29.6. The summed E-state index contributed by atoms with van der Waals surface area (Å²) in [5.74, 6) is 1.15. The van der Waals surface area contributed by atoms with Crippen LogP contribution < -0.4 is 15.4 Å². The molecule has 6 rings (SSSR count). The van der Waals surface area contributed by atoms with Gasteiger partial charge in [0.2, 0.25) is 5.91 Å². The molecular formula is C29H24N4O3S. The zero-order chi connectivity index (χ0) is 25.6. The summed E-state index contributed by atoms with van der Waals surface area (Å²) in [6, 6.07) is 20.8. The molecule has 1 heterocycles. The second-order valence-corrected chi connectivity index (χ2v) is 10.8. The van der Waals surface area contributed by atoms with E-state index in [-0.39, 0.29) is 17.7 Å². The first-order valence-electron chi connectivity index (χ1n) is 12.3. The molecule has 0 saturated heterocycles. The molecule has 2 fully saturated rings. The number of nitriles is 1. The van der Waals surface area contributed by atoms with Gasteiger partial charge in [-0.05, 0) is 74.1 Å². The fourth-order valence-corrected chi connectivity index (χ4v) is 5.15. The Kier molecular flexibility index (Phi) is 5.65. The number of nitrogens with one attached hydrogen (secondary N) is 2. The number of hydrogen-bond acceptors (Lipinski definition) is 6. The molecule has 4 aromatic rings. The largest absolute Gasteiger partial charge is 0.457 e. The number of fused-ring (bicyclic) bond motifs is 1. The quantitative estimate of drug-likeness (QED) is 0.294. The highest BCUT2D eigenvalue weighted by Gasteiger charge is 2.45. The van der Waals surface area contributed by atoms with Crippen LogP contribution in [0.2, 0.25) is 0 Å². The van der Waals surface area contributed by atoms with E-state index in [1.165, 1.54) is 11.3 Å². The maximum absolute atomic E-state index is 13.0. The van der Waals surface area contributed by atoms with E-state index in [1.54, 1.807) is 12.1 Å². The molecule has 2 saturated carbocycles. The monoisotopic (exact) mass is 508 g/mol. The van der Waals surface area contributed by atoms with Crippen LogP contribution in [0.4, 0.5) is 10.8 Å². The van der Waals surface area contributed by atoms with Crippen molar-refractivity contribution >= 4 is 44.2 Å². The standard InChI is InChI=1S/C29H24N4O3S/c1-17-5-8-21(14-24(17)31-27(35)19-3-2-4-20(13-19)29(16-30)11-12-29)36-22-9-10-23-25(15-22)37-28(32-23)33-26(34)18-6-7-18/h2-5,8-10,13-15,18H,6-7,11-12H2,1H3,(H,31,35)(H,32,33,34). The van der Waals surface area contributed by atoms with E-state index in [4.69, 9.17) is 4.74 Å². The summed E-state index contributed by atoms with van der Waals surface area (Å²) in [5, 5.41) is 16.0. The summed E-state index contributed by atoms with van der Waals surface area (Å²) in [6.07, 6.45) is 3.55. The molecule has 0 aliphatic heterocycles. The van der Waals surface area contributed by atoms with E-state index in [2.05, 4.69) is 21.7 Å². The van der Waals surface area contributed by atoms with Crippen molar-refractivity contribution in [2.75, 3.05) is 10.6 Å². The number of aromatic nitrogens is 1. The molecule has 2 N–H and O–H groups in total. The van der Waals surface area contributed by atoms with Gasteiger partial charge in [-0.15, -0.1) is 0 Å². The number of aryl methyl sites for hydroxylation is 1. The first-order valence-corrected chi connectivity index (χ1v) is 13.1. The molecule has 0 radical (unpaired) electrons. The number of benzene rings is 3. The fraction of sp³-hybridized carbons (Fsp3) is 0.241. The van der Waals surface area contributed by atoms with Gasteiger partial charge in [-0.1, -0.05) is 29.5 Å². The molecule has 0 spiro atoms. The van der Waals surface area contributed by atoms with E-state index >= 15 is 0 Å². The minimum Gasteiger partial charge on any atom is -0.457 e. The Balaban J connectivity index is 1.17. The van der Waals surface area contributed by atoms with Gasteiger partial charge >= 0.3 is 0 Å². The maximum atomic E-state index is 13.0. The lowest BCUT2D eigenvalue weighted by molar-refractivity contribution is -0.117. The van der Waals surface area contributed by atoms with Crippen molar-refractivity contribution in [3.63, 3.8) is 0 Å². The van der Waals surface area contributed by atoms with E-state index in [0.29, 0.717) is 27.9 Å². The number of nitrogens with zero attached hydrogens (tertiary/aromatic N) is 2. The van der Waals surface area contributed by atoms with Crippen LogP contribution in [0.3, 0.4) is 0 Å². The lowest BCUT2D eigenvalue weighted by Crippen LogP contribution is -2.14. The minimum atomic E-state index is -0.442. The van der Waals surface area contributed by atoms with Crippen molar-refractivity contribution in [2.24, 2.45) is 5.92 Å². The lowest BCUT2D eigenvalue weighted by Gasteiger charge is -2.13. The van der Waals surface area contributed by atoms with E-state index in [0.717, 1.165) is 47.0 Å². The molecule has 184 valence electrons. The SMILES string of the molecule is Cc1ccc(Oc2ccc3nc(NC(=O)C4CC4)sc3c2)cc1NC(=O)c1cccc(C2(C#N)CC2)c1. The van der Waals surface area contributed by atoms with Crippen molar-refractivity contribution in [1.82, 2.24) is 4.98 Å². The van der Waals surface area contributed by atoms with Gasteiger partial charge in [-0.2, -0.15) is 5.26 Å². The minimum absolute atomic E-state index is 0.0357. The van der Waals surface area contributed by atoms with Gasteiger partial charge in [-0.25, -0.2) is 4.98 Å². The number of ether oxygens (including phenoxy) is 1. The highest BCUT2D eigenvalue weighted by Crippen LogP contribution is 2.47. The number of thiazole rings is 1. The fourth-order valence-electron chi connectivity index (χ4n) is 4.25. The summed E-state index contributed by atoms with van der Waals surface area (Å²) in [7, 11) is 0. The Morgan fingerprint density at radius 1 is 1.05 bits per heavy atom. The molecular weight excluding hydrogens is 484 g/mol. The second kappa shape index (κ2) is 9.02. The highest BCUT2D eigenvalue weighted by molar-refractivity contribution is 7.22. The number of carbonyl (C=O) groups excluding carboxylic acids is 2. The Morgan fingerprint density at radius 3 is 2.59 bits per heavy atom. The van der Waals surface area contributed by atoms with Crippen LogP contribution in [-0.4, -0.2) is 16.8 Å². The number of carbonyl (C=O) groups is 2. The van der Waals surface area contributed by atoms with Crippen LogP contribution in [0, 0.1) is 24.2 Å². The third kappa shape index (κ3) is 4.78. The number of rotatable bonds is 7. The van der Waals surface area contributed by atoms with Gasteiger partial charge in [-0.3, -0.25) is 9.59 Å². The Morgan fingerprint density at radius 2 is 1.84 bits per heavy atom. The van der Waals surface area contributed by atoms with Crippen molar-refractivity contribution in [2.45, 2.75) is 38.0 Å². The topological polar surface area (TPSA) is 104 Å². The predicted molar refractivity (Wildman–Crippen MR) is 143 cm³/mol. The van der Waals surface area contributed by atoms with Gasteiger partial charge in [0.05, 0.1) is 21.7 Å². The van der Waals surface area contributed by atoms with Crippen molar-refractivity contribution in [3.8, 4) is 17.6 Å². The average Bonchev–Trinajstić information content (AvgIpc) is 3.83. The lowest BCUT2D eigenvalue weighted by atomic mass is 9.96. The highest BCUT2D eigenvalue weighted by atomic mass is 32.1. The average molecular weight is 509 g/mol. The first kappa shape index (κ1) is 23.2. The third-order valence-corrected chi connectivity index (χ3v) is 7.81. The van der Waals surface area contributed by atoms with Crippen LogP contribution in [-0.2, 0) is 10.2 Å². The van der Waals surface area contributed by atoms with E-state index < -0.39 is 5.41 Å². The molecule has 2 amide bonds. The van der Waals surface area contributed by atoms with Gasteiger partial charge in [0.15, 0.2) is 5.13 Å². The van der Waals surface area contributed by atoms with Crippen LogP contribution in [0.15, 0.2) is 60.7 Å².